The highest BCUT2D eigenvalue weighted by Gasteiger charge is 2.16. The molecule has 0 bridgehead atoms. The van der Waals surface area contributed by atoms with Gasteiger partial charge in [-0.1, -0.05) is 11.6 Å². The van der Waals surface area contributed by atoms with Crippen LogP contribution in [0.25, 0.3) is 5.57 Å². The Kier molecular flexibility index (Phi) is 3.81. The van der Waals surface area contributed by atoms with E-state index >= 15 is 0 Å². The minimum atomic E-state index is -1.15. The SMILES string of the molecule is CC(Cl)=C(C(=O)O)c1csc(NC=O)n1. The van der Waals surface area contributed by atoms with E-state index in [9.17, 15) is 9.59 Å². The number of carbonyl (C=O) groups excluding carboxylic acids is 1. The molecule has 1 aromatic heterocycles. The first-order chi connectivity index (χ1) is 7.06. The molecule has 0 atom stereocenters. The standard InChI is InChI=1S/C8H7ClN2O3S/c1-4(9)6(7(13)14)5-2-15-8(11-5)10-3-12/h2-3H,1H3,(H,13,14)(H,10,11,12). The summed E-state index contributed by atoms with van der Waals surface area (Å²) in [7, 11) is 0. The molecule has 7 heteroatoms. The summed E-state index contributed by atoms with van der Waals surface area (Å²) in [6.07, 6.45) is 0.473. The van der Waals surface area contributed by atoms with E-state index in [0.717, 1.165) is 11.3 Å². The summed E-state index contributed by atoms with van der Waals surface area (Å²) in [4.78, 5) is 24.9. The second-order valence-electron chi connectivity index (χ2n) is 2.51. The number of anilines is 1. The Balaban J connectivity index is 3.09. The minimum Gasteiger partial charge on any atom is -0.478 e. The Morgan fingerprint density at radius 1 is 1.73 bits per heavy atom. The van der Waals surface area contributed by atoms with Crippen LogP contribution >= 0.6 is 22.9 Å². The van der Waals surface area contributed by atoms with Gasteiger partial charge in [0.1, 0.15) is 5.57 Å². The molecule has 1 aromatic rings. The fourth-order valence-electron chi connectivity index (χ4n) is 0.939. The summed E-state index contributed by atoms with van der Waals surface area (Å²) in [5.41, 5.74) is 0.177. The molecule has 0 aromatic carbocycles. The van der Waals surface area contributed by atoms with Crippen LogP contribution < -0.4 is 5.32 Å². The van der Waals surface area contributed by atoms with Crippen LogP contribution in [0.5, 0.6) is 0 Å². The summed E-state index contributed by atoms with van der Waals surface area (Å²) in [6.45, 7) is 1.47. The number of halogens is 1. The molecule has 0 aliphatic heterocycles. The average molecular weight is 247 g/mol. The highest BCUT2D eigenvalue weighted by molar-refractivity contribution is 7.14. The first kappa shape index (κ1) is 11.7. The molecule has 5 nitrogen and oxygen atoms in total. The molecule has 2 N–H and O–H groups in total. The average Bonchev–Trinajstić information content (AvgIpc) is 2.52. The van der Waals surface area contributed by atoms with Gasteiger partial charge in [0.05, 0.1) is 5.69 Å². The Hall–Kier alpha value is -1.40. The number of carboxylic acid groups (broad SMARTS) is 1. The minimum absolute atomic E-state index is 0.0631. The number of aromatic nitrogens is 1. The monoisotopic (exact) mass is 246 g/mol. The van der Waals surface area contributed by atoms with Crippen molar-refractivity contribution in [3.05, 3.63) is 16.1 Å². The smallest absolute Gasteiger partial charge is 0.339 e. The van der Waals surface area contributed by atoms with Gasteiger partial charge in [-0.25, -0.2) is 9.78 Å². The summed E-state index contributed by atoms with van der Waals surface area (Å²) < 4.78 is 0. The molecular weight excluding hydrogens is 240 g/mol. The fourth-order valence-corrected chi connectivity index (χ4v) is 1.78. The van der Waals surface area contributed by atoms with E-state index < -0.39 is 5.97 Å². The number of carbonyl (C=O) groups is 2. The van der Waals surface area contributed by atoms with Gasteiger partial charge in [-0.2, -0.15) is 0 Å². The molecule has 0 saturated heterocycles. The van der Waals surface area contributed by atoms with Crippen LogP contribution in [0.1, 0.15) is 12.6 Å². The molecule has 0 aliphatic rings. The lowest BCUT2D eigenvalue weighted by atomic mass is 10.2. The van der Waals surface area contributed by atoms with E-state index in [1.807, 2.05) is 0 Å². The van der Waals surface area contributed by atoms with E-state index in [2.05, 4.69) is 10.3 Å². The quantitative estimate of drug-likeness (QED) is 0.627. The van der Waals surface area contributed by atoms with Crippen LogP contribution in [0.15, 0.2) is 10.4 Å². The van der Waals surface area contributed by atoms with Crippen molar-refractivity contribution in [1.82, 2.24) is 4.98 Å². The van der Waals surface area contributed by atoms with Crippen LogP contribution in [0, 0.1) is 0 Å². The molecule has 0 saturated carbocycles. The molecule has 0 aliphatic carbocycles. The number of allylic oxidation sites excluding steroid dienone is 1. The lowest BCUT2D eigenvalue weighted by Crippen LogP contribution is -2.02. The normalized spacial score (nSPS) is 11.9. The van der Waals surface area contributed by atoms with Gasteiger partial charge in [-0.05, 0) is 6.92 Å². The number of hydrogen-bond acceptors (Lipinski definition) is 4. The van der Waals surface area contributed by atoms with E-state index in [1.54, 1.807) is 0 Å². The van der Waals surface area contributed by atoms with Gasteiger partial charge in [0, 0.05) is 10.4 Å². The second kappa shape index (κ2) is 4.90. The van der Waals surface area contributed by atoms with E-state index in [1.165, 1.54) is 12.3 Å². The molecular formula is C8H7ClN2O3S. The third-order valence-electron chi connectivity index (χ3n) is 1.50. The molecule has 0 spiro atoms. The Labute approximate surface area is 94.4 Å². The third kappa shape index (κ3) is 2.77. The van der Waals surface area contributed by atoms with Crippen molar-refractivity contribution in [2.24, 2.45) is 0 Å². The zero-order chi connectivity index (χ0) is 11.4. The number of nitrogens with one attached hydrogen (secondary N) is 1. The van der Waals surface area contributed by atoms with Crippen molar-refractivity contribution < 1.29 is 14.7 Å². The Morgan fingerprint density at radius 3 is 2.87 bits per heavy atom. The van der Waals surface area contributed by atoms with Gasteiger partial charge in [0.15, 0.2) is 5.13 Å². The van der Waals surface area contributed by atoms with E-state index in [-0.39, 0.29) is 16.3 Å². The van der Waals surface area contributed by atoms with Gasteiger partial charge in [-0.3, -0.25) is 4.79 Å². The van der Waals surface area contributed by atoms with Crippen molar-refractivity contribution in [3.8, 4) is 0 Å². The van der Waals surface area contributed by atoms with Crippen molar-refractivity contribution >= 4 is 46.0 Å². The van der Waals surface area contributed by atoms with E-state index in [0.29, 0.717) is 11.5 Å². The number of rotatable bonds is 4. The number of aliphatic carboxylic acids is 1. The lowest BCUT2D eigenvalue weighted by molar-refractivity contribution is -0.130. The number of amides is 1. The first-order valence-corrected chi connectivity index (χ1v) is 5.07. The Morgan fingerprint density at radius 2 is 2.40 bits per heavy atom. The largest absolute Gasteiger partial charge is 0.478 e. The summed E-state index contributed by atoms with van der Waals surface area (Å²) in [5, 5.41) is 13.2. The molecule has 15 heavy (non-hydrogen) atoms. The summed E-state index contributed by atoms with van der Waals surface area (Å²) in [6, 6.07) is 0. The lowest BCUT2D eigenvalue weighted by Gasteiger charge is -1.98. The van der Waals surface area contributed by atoms with Crippen LogP contribution in [0.4, 0.5) is 5.13 Å². The Bertz CT molecular complexity index is 423. The van der Waals surface area contributed by atoms with Crippen molar-refractivity contribution in [1.29, 1.82) is 0 Å². The molecule has 80 valence electrons. The van der Waals surface area contributed by atoms with Gasteiger partial charge in [0.2, 0.25) is 6.41 Å². The van der Waals surface area contributed by atoms with E-state index in [4.69, 9.17) is 16.7 Å². The number of nitrogens with zero attached hydrogens (tertiary/aromatic N) is 1. The summed E-state index contributed by atoms with van der Waals surface area (Å²) in [5.74, 6) is -1.15. The number of carboxylic acids is 1. The molecule has 1 heterocycles. The zero-order valence-electron chi connectivity index (χ0n) is 7.65. The molecule has 1 amide bonds. The maximum absolute atomic E-state index is 10.8. The highest BCUT2D eigenvalue weighted by Crippen LogP contribution is 2.25. The molecule has 0 radical (unpaired) electrons. The maximum Gasteiger partial charge on any atom is 0.339 e. The number of hydrogen-bond donors (Lipinski definition) is 2. The van der Waals surface area contributed by atoms with Gasteiger partial charge >= 0.3 is 5.97 Å². The van der Waals surface area contributed by atoms with Gasteiger partial charge < -0.3 is 10.4 Å². The van der Waals surface area contributed by atoms with Crippen LogP contribution in [0.2, 0.25) is 0 Å². The van der Waals surface area contributed by atoms with Crippen LogP contribution in [-0.2, 0) is 9.59 Å². The van der Waals surface area contributed by atoms with Crippen molar-refractivity contribution in [2.75, 3.05) is 5.32 Å². The van der Waals surface area contributed by atoms with Crippen molar-refractivity contribution in [3.63, 3.8) is 0 Å². The topological polar surface area (TPSA) is 79.3 Å². The van der Waals surface area contributed by atoms with Crippen LogP contribution in [0.3, 0.4) is 0 Å². The zero-order valence-corrected chi connectivity index (χ0v) is 9.22. The predicted molar refractivity (Wildman–Crippen MR) is 57.9 cm³/mol. The molecule has 0 unspecified atom stereocenters. The molecule has 1 rings (SSSR count). The highest BCUT2D eigenvalue weighted by atomic mass is 35.5. The van der Waals surface area contributed by atoms with Crippen LogP contribution in [-0.4, -0.2) is 22.5 Å². The fraction of sp³-hybridized carbons (Fsp3) is 0.125. The van der Waals surface area contributed by atoms with Gasteiger partial charge in [0.25, 0.3) is 0 Å². The second-order valence-corrected chi connectivity index (χ2v) is 3.94. The first-order valence-electron chi connectivity index (χ1n) is 3.82. The van der Waals surface area contributed by atoms with Gasteiger partial charge in [-0.15, -0.1) is 11.3 Å². The molecule has 0 fully saturated rings. The van der Waals surface area contributed by atoms with Crippen molar-refractivity contribution in [2.45, 2.75) is 6.92 Å². The summed E-state index contributed by atoms with van der Waals surface area (Å²) >= 11 is 6.76. The number of thiazole rings is 1. The third-order valence-corrected chi connectivity index (χ3v) is 2.46. The predicted octanol–water partition coefficient (Wildman–Crippen LogP) is 1.77. The maximum atomic E-state index is 10.8.